The van der Waals surface area contributed by atoms with Crippen molar-refractivity contribution in [3.8, 4) is 0 Å². The molecule has 0 heterocycles. The summed E-state index contributed by atoms with van der Waals surface area (Å²) in [6.07, 6.45) is 0. The minimum absolute atomic E-state index is 0.209. The summed E-state index contributed by atoms with van der Waals surface area (Å²) in [5.74, 6) is -0.286. The SMILES string of the molecule is CCOC[C@]1(N)[C@H](c2ccccc2)[C@@H]1S(=O)(=O)c1ccc(Cl)cc1. The zero-order valence-corrected chi connectivity index (χ0v) is 14.9. The number of hydrogen-bond donors (Lipinski definition) is 1. The molecular weight excluding hydrogens is 346 g/mol. The fourth-order valence-corrected chi connectivity index (χ4v) is 5.68. The molecule has 1 aliphatic carbocycles. The molecule has 24 heavy (non-hydrogen) atoms. The Morgan fingerprint density at radius 2 is 1.75 bits per heavy atom. The van der Waals surface area contributed by atoms with Crippen molar-refractivity contribution in [1.82, 2.24) is 0 Å². The van der Waals surface area contributed by atoms with Gasteiger partial charge in [-0.15, -0.1) is 0 Å². The molecule has 3 atom stereocenters. The minimum atomic E-state index is -3.58. The van der Waals surface area contributed by atoms with Crippen LogP contribution in [0.2, 0.25) is 5.02 Å². The van der Waals surface area contributed by atoms with Crippen molar-refractivity contribution in [3.63, 3.8) is 0 Å². The van der Waals surface area contributed by atoms with Crippen LogP contribution in [0.25, 0.3) is 0 Å². The largest absolute Gasteiger partial charge is 0.380 e. The van der Waals surface area contributed by atoms with E-state index in [-0.39, 0.29) is 17.4 Å². The molecule has 0 amide bonds. The number of halogens is 1. The van der Waals surface area contributed by atoms with Gasteiger partial charge in [-0.2, -0.15) is 0 Å². The van der Waals surface area contributed by atoms with Crippen LogP contribution < -0.4 is 5.73 Å². The van der Waals surface area contributed by atoms with Gasteiger partial charge >= 0.3 is 0 Å². The van der Waals surface area contributed by atoms with Gasteiger partial charge in [-0.25, -0.2) is 8.42 Å². The van der Waals surface area contributed by atoms with Gasteiger partial charge in [0.05, 0.1) is 22.3 Å². The third-order valence-corrected chi connectivity index (χ3v) is 7.05. The molecule has 0 saturated heterocycles. The van der Waals surface area contributed by atoms with Gasteiger partial charge in [0, 0.05) is 17.5 Å². The molecule has 4 nitrogen and oxygen atoms in total. The van der Waals surface area contributed by atoms with E-state index >= 15 is 0 Å². The molecule has 1 saturated carbocycles. The van der Waals surface area contributed by atoms with E-state index in [2.05, 4.69) is 0 Å². The average molecular weight is 366 g/mol. The molecule has 0 aliphatic heterocycles. The Morgan fingerprint density at radius 3 is 2.33 bits per heavy atom. The third-order valence-electron chi connectivity index (χ3n) is 4.49. The Labute approximate surface area is 147 Å². The van der Waals surface area contributed by atoms with E-state index in [0.717, 1.165) is 5.56 Å². The molecule has 128 valence electrons. The highest BCUT2D eigenvalue weighted by Gasteiger charge is 2.69. The molecule has 6 heteroatoms. The first-order valence-corrected chi connectivity index (χ1v) is 9.74. The molecule has 2 aromatic carbocycles. The van der Waals surface area contributed by atoms with Gasteiger partial charge in [0.1, 0.15) is 0 Å². The topological polar surface area (TPSA) is 69.4 Å². The maximum absolute atomic E-state index is 13.1. The number of benzene rings is 2. The normalized spacial score (nSPS) is 26.3. The lowest BCUT2D eigenvalue weighted by Gasteiger charge is -2.12. The summed E-state index contributed by atoms with van der Waals surface area (Å²) < 4.78 is 31.7. The molecule has 0 spiro atoms. The first-order valence-electron chi connectivity index (χ1n) is 7.82. The quantitative estimate of drug-likeness (QED) is 0.854. The Bertz CT molecular complexity index is 808. The summed E-state index contributed by atoms with van der Waals surface area (Å²) in [4.78, 5) is 0.238. The number of hydrogen-bond acceptors (Lipinski definition) is 4. The first kappa shape index (κ1) is 17.4. The molecule has 2 N–H and O–H groups in total. The van der Waals surface area contributed by atoms with Crippen LogP contribution in [0.4, 0.5) is 0 Å². The van der Waals surface area contributed by atoms with Crippen molar-refractivity contribution in [3.05, 3.63) is 65.2 Å². The summed E-state index contributed by atoms with van der Waals surface area (Å²) >= 11 is 5.87. The van der Waals surface area contributed by atoms with Crippen LogP contribution in [0.3, 0.4) is 0 Å². The smallest absolute Gasteiger partial charge is 0.183 e. The molecule has 0 bridgehead atoms. The Hall–Kier alpha value is -1.40. The van der Waals surface area contributed by atoms with Gasteiger partial charge in [-0.1, -0.05) is 41.9 Å². The van der Waals surface area contributed by atoms with Crippen molar-refractivity contribution >= 4 is 21.4 Å². The maximum atomic E-state index is 13.1. The summed E-state index contributed by atoms with van der Waals surface area (Å²) in [7, 11) is -3.58. The van der Waals surface area contributed by atoms with E-state index < -0.39 is 20.6 Å². The van der Waals surface area contributed by atoms with Crippen LogP contribution in [-0.2, 0) is 14.6 Å². The van der Waals surface area contributed by atoms with E-state index in [9.17, 15) is 8.42 Å². The van der Waals surface area contributed by atoms with Crippen LogP contribution in [0.5, 0.6) is 0 Å². The zero-order valence-electron chi connectivity index (χ0n) is 13.4. The fraction of sp³-hybridized carbons (Fsp3) is 0.333. The van der Waals surface area contributed by atoms with Gasteiger partial charge in [0.25, 0.3) is 0 Å². The highest BCUT2D eigenvalue weighted by molar-refractivity contribution is 7.92. The van der Waals surface area contributed by atoms with Crippen LogP contribution >= 0.6 is 11.6 Å². The third kappa shape index (κ3) is 2.97. The van der Waals surface area contributed by atoms with Gasteiger partial charge in [0.2, 0.25) is 0 Å². The number of ether oxygens (including phenoxy) is 1. The first-order chi connectivity index (χ1) is 11.4. The monoisotopic (exact) mass is 365 g/mol. The average Bonchev–Trinajstić information content (AvgIpc) is 3.21. The molecule has 1 fully saturated rings. The zero-order chi connectivity index (χ0) is 17.4. The second kappa shape index (κ2) is 6.48. The van der Waals surface area contributed by atoms with Crippen LogP contribution in [0.15, 0.2) is 59.5 Å². The maximum Gasteiger partial charge on any atom is 0.183 e. The van der Waals surface area contributed by atoms with E-state index in [1.54, 1.807) is 12.1 Å². The van der Waals surface area contributed by atoms with E-state index in [0.29, 0.717) is 11.6 Å². The molecule has 0 radical (unpaired) electrons. The highest BCUT2D eigenvalue weighted by atomic mass is 35.5. The predicted octanol–water partition coefficient (Wildman–Crippen LogP) is 3.01. The number of rotatable bonds is 6. The Kier molecular flexibility index (Phi) is 4.71. The number of nitrogens with two attached hydrogens (primary N) is 1. The fourth-order valence-electron chi connectivity index (χ4n) is 3.26. The van der Waals surface area contributed by atoms with Crippen LogP contribution in [-0.4, -0.2) is 32.4 Å². The summed E-state index contributed by atoms with van der Waals surface area (Å²) in [5.41, 5.74) is 6.47. The standard InChI is InChI=1S/C18H20ClNO3S/c1-2-23-12-18(20)16(13-6-4-3-5-7-13)17(18)24(21,22)15-10-8-14(19)9-11-15/h3-11,16-17H,2,12,20H2,1H3/t16-,17+,18+/m1/s1. The van der Waals surface area contributed by atoms with Crippen molar-refractivity contribution in [1.29, 1.82) is 0 Å². The van der Waals surface area contributed by atoms with Crippen LogP contribution in [0.1, 0.15) is 18.4 Å². The van der Waals surface area contributed by atoms with Crippen molar-refractivity contribution < 1.29 is 13.2 Å². The Morgan fingerprint density at radius 1 is 1.12 bits per heavy atom. The van der Waals surface area contributed by atoms with Crippen molar-refractivity contribution in [2.45, 2.75) is 28.5 Å². The lowest BCUT2D eigenvalue weighted by molar-refractivity contribution is 0.125. The van der Waals surface area contributed by atoms with Crippen molar-refractivity contribution in [2.75, 3.05) is 13.2 Å². The molecular formula is C18H20ClNO3S. The van der Waals surface area contributed by atoms with Crippen LogP contribution in [0, 0.1) is 0 Å². The molecule has 1 aliphatic rings. The molecule has 0 unspecified atom stereocenters. The second-order valence-corrected chi connectivity index (χ2v) is 8.56. The highest BCUT2D eigenvalue weighted by Crippen LogP contribution is 2.55. The van der Waals surface area contributed by atoms with Gasteiger partial charge < -0.3 is 10.5 Å². The molecule has 2 aromatic rings. The Balaban J connectivity index is 1.99. The summed E-state index contributed by atoms with van der Waals surface area (Å²) in [6.45, 7) is 2.57. The predicted molar refractivity (Wildman–Crippen MR) is 95.0 cm³/mol. The van der Waals surface area contributed by atoms with Gasteiger partial charge in [0.15, 0.2) is 9.84 Å². The van der Waals surface area contributed by atoms with E-state index in [1.807, 2.05) is 37.3 Å². The lowest BCUT2D eigenvalue weighted by atomic mass is 10.1. The molecule has 3 rings (SSSR count). The second-order valence-electron chi connectivity index (χ2n) is 6.06. The lowest BCUT2D eigenvalue weighted by Crippen LogP contribution is -2.36. The summed E-state index contributed by atoms with van der Waals surface area (Å²) in [5, 5.41) is -0.210. The van der Waals surface area contributed by atoms with Crippen molar-refractivity contribution in [2.24, 2.45) is 5.73 Å². The van der Waals surface area contributed by atoms with E-state index in [1.165, 1.54) is 12.1 Å². The van der Waals surface area contributed by atoms with Gasteiger partial charge in [-0.3, -0.25) is 0 Å². The van der Waals surface area contributed by atoms with E-state index in [4.69, 9.17) is 22.1 Å². The molecule has 0 aromatic heterocycles. The minimum Gasteiger partial charge on any atom is -0.380 e. The van der Waals surface area contributed by atoms with Gasteiger partial charge in [-0.05, 0) is 36.8 Å². The summed E-state index contributed by atoms with van der Waals surface area (Å²) in [6, 6.07) is 15.7. The number of sulfone groups is 1.